The van der Waals surface area contributed by atoms with Crippen molar-refractivity contribution in [2.24, 2.45) is 0 Å². The van der Waals surface area contributed by atoms with Gasteiger partial charge in [-0.25, -0.2) is 4.98 Å². The molecular weight excluding hydrogens is 388 g/mol. The molecule has 0 bridgehead atoms. The number of nitrogens with zero attached hydrogens (tertiary/aromatic N) is 3. The van der Waals surface area contributed by atoms with Gasteiger partial charge in [-0.05, 0) is 42.5 Å². The molecule has 1 aliphatic heterocycles. The summed E-state index contributed by atoms with van der Waals surface area (Å²) >= 11 is 1.22. The maximum Gasteiger partial charge on any atom is 0.266 e. The van der Waals surface area contributed by atoms with Crippen molar-refractivity contribution in [3.05, 3.63) is 70.0 Å². The third-order valence-electron chi connectivity index (χ3n) is 4.94. The Morgan fingerprint density at radius 2 is 1.90 bits per heavy atom. The second-order valence-corrected chi connectivity index (χ2v) is 7.81. The van der Waals surface area contributed by atoms with E-state index < -0.39 is 0 Å². The molecule has 0 atom stereocenters. The number of rotatable bonds is 3. The molecule has 146 valence electrons. The smallest absolute Gasteiger partial charge is 0.266 e. The number of hydrogen-bond donors (Lipinski definition) is 1. The SMILES string of the molecule is O=C(Nc1ccc(N2CCOCC2)cc1)c1cc2c(=O)n3ccccc3nc2s1. The summed E-state index contributed by atoms with van der Waals surface area (Å²) in [7, 11) is 0. The van der Waals surface area contributed by atoms with Crippen LogP contribution in [-0.2, 0) is 4.74 Å². The number of carbonyl (C=O) groups is 1. The van der Waals surface area contributed by atoms with Crippen LogP contribution in [0.15, 0.2) is 59.5 Å². The minimum atomic E-state index is -0.249. The summed E-state index contributed by atoms with van der Waals surface area (Å²) in [5.41, 5.74) is 2.21. The molecule has 7 nitrogen and oxygen atoms in total. The number of pyridine rings is 1. The summed E-state index contributed by atoms with van der Waals surface area (Å²) in [6.45, 7) is 3.19. The monoisotopic (exact) mass is 406 g/mol. The molecule has 0 spiro atoms. The molecule has 0 saturated carbocycles. The van der Waals surface area contributed by atoms with Gasteiger partial charge in [-0.2, -0.15) is 0 Å². The molecule has 1 amide bonds. The molecule has 1 N–H and O–H groups in total. The summed E-state index contributed by atoms with van der Waals surface area (Å²) in [5, 5.41) is 3.35. The van der Waals surface area contributed by atoms with Crippen LogP contribution in [0.5, 0.6) is 0 Å². The Morgan fingerprint density at radius 1 is 1.10 bits per heavy atom. The molecular formula is C21H18N4O3S. The zero-order chi connectivity index (χ0) is 19.8. The molecule has 4 aromatic rings. The summed E-state index contributed by atoms with van der Waals surface area (Å²) in [6.07, 6.45) is 1.68. The van der Waals surface area contributed by atoms with Crippen molar-refractivity contribution in [3.63, 3.8) is 0 Å². The number of aromatic nitrogens is 2. The molecule has 8 heteroatoms. The maximum atomic E-state index is 12.7. The topological polar surface area (TPSA) is 75.9 Å². The van der Waals surface area contributed by atoms with E-state index in [0.717, 1.165) is 32.0 Å². The van der Waals surface area contributed by atoms with Gasteiger partial charge >= 0.3 is 0 Å². The van der Waals surface area contributed by atoms with Crippen LogP contribution >= 0.6 is 11.3 Å². The van der Waals surface area contributed by atoms with E-state index in [1.165, 1.54) is 15.7 Å². The van der Waals surface area contributed by atoms with Crippen LogP contribution in [-0.4, -0.2) is 41.6 Å². The average molecular weight is 406 g/mol. The van der Waals surface area contributed by atoms with E-state index in [4.69, 9.17) is 4.74 Å². The number of anilines is 2. The van der Waals surface area contributed by atoms with Gasteiger partial charge in [-0.3, -0.25) is 14.0 Å². The molecule has 5 rings (SSSR count). The minimum Gasteiger partial charge on any atom is -0.378 e. The number of carbonyl (C=O) groups excluding carboxylic acids is 1. The lowest BCUT2D eigenvalue weighted by Crippen LogP contribution is -2.36. The Hall–Kier alpha value is -3.23. The van der Waals surface area contributed by atoms with Crippen LogP contribution < -0.4 is 15.8 Å². The first kappa shape index (κ1) is 17.8. The van der Waals surface area contributed by atoms with Crippen molar-refractivity contribution < 1.29 is 9.53 Å². The van der Waals surface area contributed by atoms with Crippen molar-refractivity contribution in [3.8, 4) is 0 Å². The Bertz CT molecular complexity index is 1260. The molecule has 0 aliphatic carbocycles. The fraction of sp³-hybridized carbons (Fsp3) is 0.190. The number of nitrogens with one attached hydrogen (secondary N) is 1. The van der Waals surface area contributed by atoms with Gasteiger partial charge in [0.2, 0.25) is 0 Å². The van der Waals surface area contributed by atoms with Crippen LogP contribution in [0.4, 0.5) is 11.4 Å². The predicted molar refractivity (Wildman–Crippen MR) is 114 cm³/mol. The number of ether oxygens (including phenoxy) is 1. The van der Waals surface area contributed by atoms with Crippen molar-refractivity contribution in [2.75, 3.05) is 36.5 Å². The third kappa shape index (κ3) is 3.37. The predicted octanol–water partition coefficient (Wildman–Crippen LogP) is 3.00. The van der Waals surface area contributed by atoms with Gasteiger partial charge in [0.05, 0.1) is 23.5 Å². The molecule has 3 aromatic heterocycles. The highest BCUT2D eigenvalue weighted by atomic mass is 32.1. The van der Waals surface area contributed by atoms with Gasteiger partial charge < -0.3 is 15.0 Å². The highest BCUT2D eigenvalue weighted by molar-refractivity contribution is 7.20. The van der Waals surface area contributed by atoms with Crippen LogP contribution in [0.2, 0.25) is 0 Å². The largest absolute Gasteiger partial charge is 0.378 e. The first-order valence-corrected chi connectivity index (χ1v) is 10.2. The first-order valence-electron chi connectivity index (χ1n) is 9.34. The fourth-order valence-corrected chi connectivity index (χ4v) is 4.35. The third-order valence-corrected chi connectivity index (χ3v) is 5.97. The van der Waals surface area contributed by atoms with E-state index in [2.05, 4.69) is 15.2 Å². The quantitative estimate of drug-likeness (QED) is 0.566. The van der Waals surface area contributed by atoms with Gasteiger partial charge in [0, 0.05) is 30.7 Å². The summed E-state index contributed by atoms with van der Waals surface area (Å²) in [4.78, 5) is 33.1. The molecule has 1 aromatic carbocycles. The van der Waals surface area contributed by atoms with Gasteiger partial charge in [-0.15, -0.1) is 11.3 Å². The summed E-state index contributed by atoms with van der Waals surface area (Å²) in [5.74, 6) is -0.249. The normalized spacial score (nSPS) is 14.4. The number of amides is 1. The molecule has 0 radical (unpaired) electrons. The lowest BCUT2D eigenvalue weighted by molar-refractivity contribution is 0.103. The standard InChI is InChI=1S/C21H18N4O3S/c26-19(22-14-4-6-15(7-5-14)24-9-11-28-12-10-24)17-13-16-20(29-17)23-18-3-1-2-8-25(18)21(16)27/h1-8,13H,9-12H2,(H,22,26). The number of fused-ring (bicyclic) bond motifs is 2. The maximum absolute atomic E-state index is 12.7. The van der Waals surface area contributed by atoms with E-state index in [9.17, 15) is 9.59 Å². The molecule has 29 heavy (non-hydrogen) atoms. The van der Waals surface area contributed by atoms with Crippen molar-refractivity contribution >= 4 is 44.5 Å². The minimum absolute atomic E-state index is 0.171. The van der Waals surface area contributed by atoms with Crippen molar-refractivity contribution in [2.45, 2.75) is 0 Å². The molecule has 4 heterocycles. The highest BCUT2D eigenvalue weighted by Crippen LogP contribution is 2.24. The number of thiophene rings is 1. The Kier molecular flexibility index (Phi) is 4.49. The van der Waals surface area contributed by atoms with Gasteiger partial charge in [-0.1, -0.05) is 6.07 Å². The zero-order valence-corrected chi connectivity index (χ0v) is 16.3. The lowest BCUT2D eigenvalue weighted by Gasteiger charge is -2.28. The second-order valence-electron chi connectivity index (χ2n) is 6.78. The van der Waals surface area contributed by atoms with E-state index in [0.29, 0.717) is 26.4 Å². The fourth-order valence-electron chi connectivity index (χ4n) is 3.43. The van der Waals surface area contributed by atoms with Gasteiger partial charge in [0.1, 0.15) is 10.5 Å². The summed E-state index contributed by atoms with van der Waals surface area (Å²) in [6, 6.07) is 14.8. The molecule has 1 aliphatic rings. The van der Waals surface area contributed by atoms with Crippen LogP contribution in [0.3, 0.4) is 0 Å². The summed E-state index contributed by atoms with van der Waals surface area (Å²) < 4.78 is 6.87. The van der Waals surface area contributed by atoms with Crippen LogP contribution in [0.25, 0.3) is 15.9 Å². The van der Waals surface area contributed by atoms with Crippen LogP contribution in [0.1, 0.15) is 9.67 Å². The number of hydrogen-bond acceptors (Lipinski definition) is 6. The van der Waals surface area contributed by atoms with E-state index in [-0.39, 0.29) is 11.5 Å². The van der Waals surface area contributed by atoms with Crippen LogP contribution in [0, 0.1) is 0 Å². The Labute approximate surface area is 170 Å². The zero-order valence-electron chi connectivity index (χ0n) is 15.5. The second kappa shape index (κ2) is 7.31. The molecule has 1 fully saturated rings. The highest BCUT2D eigenvalue weighted by Gasteiger charge is 2.16. The molecule has 0 unspecified atom stereocenters. The number of morpholine rings is 1. The lowest BCUT2D eigenvalue weighted by atomic mass is 10.2. The van der Waals surface area contributed by atoms with Gasteiger partial charge in [0.15, 0.2) is 0 Å². The van der Waals surface area contributed by atoms with E-state index in [1.807, 2.05) is 30.3 Å². The van der Waals surface area contributed by atoms with E-state index in [1.54, 1.807) is 24.4 Å². The van der Waals surface area contributed by atoms with Crippen molar-refractivity contribution in [1.82, 2.24) is 9.38 Å². The molecule has 1 saturated heterocycles. The Balaban J connectivity index is 1.39. The average Bonchev–Trinajstić information content (AvgIpc) is 3.20. The van der Waals surface area contributed by atoms with Crippen molar-refractivity contribution in [1.29, 1.82) is 0 Å². The Morgan fingerprint density at radius 3 is 2.69 bits per heavy atom. The number of benzene rings is 1. The first-order chi connectivity index (χ1) is 14.2. The van der Waals surface area contributed by atoms with Gasteiger partial charge in [0.25, 0.3) is 11.5 Å². The van der Waals surface area contributed by atoms with E-state index >= 15 is 0 Å².